The summed E-state index contributed by atoms with van der Waals surface area (Å²) in [5, 5.41) is 0. The second kappa shape index (κ2) is 8.06. The average Bonchev–Trinajstić information content (AvgIpc) is 3.40. The minimum atomic E-state index is -3.22. The van der Waals surface area contributed by atoms with Crippen LogP contribution in [0.4, 0.5) is 4.39 Å². The van der Waals surface area contributed by atoms with E-state index in [1.165, 1.54) is 23.6 Å². The Morgan fingerprint density at radius 1 is 1.07 bits per heavy atom. The third kappa shape index (κ3) is 4.46. The lowest BCUT2D eigenvalue weighted by Crippen LogP contribution is -2.47. The quantitative estimate of drug-likeness (QED) is 0.699. The number of nitrogens with one attached hydrogen (secondary N) is 1. The first-order valence-corrected chi connectivity index (χ1v) is 12.7. The predicted molar refractivity (Wildman–Crippen MR) is 116 cm³/mol. The van der Waals surface area contributed by atoms with Crippen molar-refractivity contribution in [2.24, 2.45) is 5.92 Å². The first-order valence-electron chi connectivity index (χ1n) is 11.0. The molecule has 0 amide bonds. The van der Waals surface area contributed by atoms with Gasteiger partial charge in [0, 0.05) is 18.5 Å². The van der Waals surface area contributed by atoms with Gasteiger partial charge < -0.3 is 0 Å². The summed E-state index contributed by atoms with van der Waals surface area (Å²) in [6.45, 7) is 2.60. The SMILES string of the molecule is O=S(=O)(CC1CC1)NCc1ccc2c(c1)C(Cc1cccc(F)c1)C(N1CCC1)C2. The topological polar surface area (TPSA) is 49.4 Å². The molecule has 0 aromatic heterocycles. The Kier molecular flexibility index (Phi) is 5.42. The van der Waals surface area contributed by atoms with Crippen LogP contribution < -0.4 is 4.72 Å². The van der Waals surface area contributed by atoms with Gasteiger partial charge in [0.25, 0.3) is 0 Å². The third-order valence-electron chi connectivity index (χ3n) is 6.86. The van der Waals surface area contributed by atoms with E-state index in [0.717, 1.165) is 49.9 Å². The molecule has 160 valence electrons. The van der Waals surface area contributed by atoms with Gasteiger partial charge in [-0.2, -0.15) is 0 Å². The van der Waals surface area contributed by atoms with Crippen molar-refractivity contribution in [3.05, 3.63) is 70.5 Å². The van der Waals surface area contributed by atoms with Crippen molar-refractivity contribution in [2.45, 2.75) is 50.6 Å². The Morgan fingerprint density at radius 2 is 1.90 bits per heavy atom. The summed E-state index contributed by atoms with van der Waals surface area (Å²) in [7, 11) is -3.22. The third-order valence-corrected chi connectivity index (χ3v) is 8.35. The Balaban J connectivity index is 1.36. The highest BCUT2D eigenvalue weighted by Crippen LogP contribution is 2.40. The highest BCUT2D eigenvalue weighted by Gasteiger charge is 2.38. The molecule has 1 aliphatic heterocycles. The molecule has 1 N–H and O–H groups in total. The summed E-state index contributed by atoms with van der Waals surface area (Å²) in [4.78, 5) is 2.54. The maximum absolute atomic E-state index is 13.8. The van der Waals surface area contributed by atoms with E-state index in [1.54, 1.807) is 12.1 Å². The lowest BCUT2D eigenvalue weighted by Gasteiger charge is -2.39. The fourth-order valence-electron chi connectivity index (χ4n) is 4.93. The van der Waals surface area contributed by atoms with E-state index >= 15 is 0 Å². The lowest BCUT2D eigenvalue weighted by atomic mass is 9.88. The highest BCUT2D eigenvalue weighted by atomic mass is 32.2. The molecule has 4 nitrogen and oxygen atoms in total. The molecule has 0 bridgehead atoms. The molecule has 2 atom stereocenters. The second-order valence-corrected chi connectivity index (χ2v) is 11.0. The molecule has 6 heteroatoms. The van der Waals surface area contributed by atoms with E-state index in [9.17, 15) is 12.8 Å². The van der Waals surface area contributed by atoms with Gasteiger partial charge in [0.1, 0.15) is 5.82 Å². The van der Waals surface area contributed by atoms with Crippen LogP contribution in [-0.2, 0) is 29.4 Å². The number of rotatable bonds is 8. The molecule has 1 heterocycles. The van der Waals surface area contributed by atoms with Crippen molar-refractivity contribution in [3.8, 4) is 0 Å². The van der Waals surface area contributed by atoms with Gasteiger partial charge in [0.2, 0.25) is 10.0 Å². The standard InChI is InChI=1S/C24H29FN2O2S/c25-21-4-1-3-18(11-21)12-23-22-13-19(15-26-30(28,29)16-17-5-6-17)7-8-20(22)14-24(23)27-9-2-10-27/h1,3-4,7-8,11,13,17,23-24,26H,2,5-6,9-10,12,14-16H2. The number of sulfonamides is 1. The van der Waals surface area contributed by atoms with Gasteiger partial charge in [-0.05, 0) is 85.5 Å². The van der Waals surface area contributed by atoms with Crippen LogP contribution >= 0.6 is 0 Å². The van der Waals surface area contributed by atoms with Crippen molar-refractivity contribution in [1.82, 2.24) is 9.62 Å². The van der Waals surface area contributed by atoms with E-state index in [1.807, 2.05) is 6.07 Å². The maximum atomic E-state index is 13.8. The number of fused-ring (bicyclic) bond motifs is 1. The molecular formula is C24H29FN2O2S. The first kappa shape index (κ1) is 20.2. The maximum Gasteiger partial charge on any atom is 0.212 e. The number of halogens is 1. The highest BCUT2D eigenvalue weighted by molar-refractivity contribution is 7.89. The van der Waals surface area contributed by atoms with E-state index in [0.29, 0.717) is 24.4 Å². The smallest absolute Gasteiger partial charge is 0.212 e. The van der Waals surface area contributed by atoms with Crippen LogP contribution in [0.25, 0.3) is 0 Å². The number of hydrogen-bond donors (Lipinski definition) is 1. The van der Waals surface area contributed by atoms with Gasteiger partial charge in [0.05, 0.1) is 5.75 Å². The number of likely N-dealkylation sites (tertiary alicyclic amines) is 1. The summed E-state index contributed by atoms with van der Waals surface area (Å²) < 4.78 is 41.1. The molecule has 1 saturated carbocycles. The van der Waals surface area contributed by atoms with Crippen LogP contribution in [0.2, 0.25) is 0 Å². The van der Waals surface area contributed by atoms with E-state index in [2.05, 4.69) is 27.8 Å². The average molecular weight is 429 g/mol. The normalized spacial score (nSPS) is 23.9. The second-order valence-electron chi connectivity index (χ2n) is 9.18. The van der Waals surface area contributed by atoms with Gasteiger partial charge in [-0.1, -0.05) is 30.3 Å². The van der Waals surface area contributed by atoms with Gasteiger partial charge >= 0.3 is 0 Å². The van der Waals surface area contributed by atoms with Crippen LogP contribution in [0, 0.1) is 11.7 Å². The van der Waals surface area contributed by atoms with Crippen molar-refractivity contribution in [2.75, 3.05) is 18.8 Å². The van der Waals surface area contributed by atoms with Crippen LogP contribution in [-0.4, -0.2) is 38.2 Å². The van der Waals surface area contributed by atoms with Gasteiger partial charge in [-0.25, -0.2) is 17.5 Å². The number of nitrogens with zero attached hydrogens (tertiary/aromatic N) is 1. The molecule has 2 aliphatic carbocycles. The van der Waals surface area contributed by atoms with Crippen LogP contribution in [0.5, 0.6) is 0 Å². The summed E-state index contributed by atoms with van der Waals surface area (Å²) in [6.07, 6.45) is 5.12. The molecule has 3 aliphatic rings. The predicted octanol–water partition coefficient (Wildman–Crippen LogP) is 3.61. The Labute approximate surface area is 178 Å². The van der Waals surface area contributed by atoms with E-state index in [-0.39, 0.29) is 11.6 Å². The molecule has 1 saturated heterocycles. The zero-order chi connectivity index (χ0) is 20.7. The molecule has 0 radical (unpaired) electrons. The molecule has 2 aromatic carbocycles. The van der Waals surface area contributed by atoms with E-state index < -0.39 is 10.0 Å². The molecule has 2 fully saturated rings. The van der Waals surface area contributed by atoms with Crippen molar-refractivity contribution < 1.29 is 12.8 Å². The van der Waals surface area contributed by atoms with Crippen molar-refractivity contribution in [3.63, 3.8) is 0 Å². The molecular weight excluding hydrogens is 399 g/mol. The monoisotopic (exact) mass is 428 g/mol. The van der Waals surface area contributed by atoms with Gasteiger partial charge in [-0.3, -0.25) is 4.90 Å². The largest absolute Gasteiger partial charge is 0.299 e. The Morgan fingerprint density at radius 3 is 2.60 bits per heavy atom. The van der Waals surface area contributed by atoms with Crippen LogP contribution in [0.3, 0.4) is 0 Å². The lowest BCUT2D eigenvalue weighted by molar-refractivity contribution is 0.106. The first-order chi connectivity index (χ1) is 14.5. The Bertz CT molecular complexity index is 1030. The van der Waals surface area contributed by atoms with Crippen molar-refractivity contribution >= 4 is 10.0 Å². The number of hydrogen-bond acceptors (Lipinski definition) is 3. The summed E-state index contributed by atoms with van der Waals surface area (Å²) in [5.74, 6) is 0.711. The summed E-state index contributed by atoms with van der Waals surface area (Å²) in [5.41, 5.74) is 4.67. The fourth-order valence-corrected chi connectivity index (χ4v) is 6.39. The van der Waals surface area contributed by atoms with Crippen molar-refractivity contribution in [1.29, 1.82) is 0 Å². The van der Waals surface area contributed by atoms with E-state index in [4.69, 9.17) is 0 Å². The fraction of sp³-hybridized carbons (Fsp3) is 0.500. The molecule has 2 aromatic rings. The van der Waals surface area contributed by atoms with Gasteiger partial charge in [-0.15, -0.1) is 0 Å². The summed E-state index contributed by atoms with van der Waals surface area (Å²) >= 11 is 0. The molecule has 5 rings (SSSR count). The molecule has 2 unspecified atom stereocenters. The summed E-state index contributed by atoms with van der Waals surface area (Å²) in [6, 6.07) is 13.8. The minimum Gasteiger partial charge on any atom is -0.299 e. The minimum absolute atomic E-state index is 0.190. The zero-order valence-electron chi connectivity index (χ0n) is 17.2. The van der Waals surface area contributed by atoms with Crippen LogP contribution in [0.1, 0.15) is 47.4 Å². The Hall–Kier alpha value is -1.76. The van der Waals surface area contributed by atoms with Crippen LogP contribution in [0.15, 0.2) is 42.5 Å². The molecule has 0 spiro atoms. The number of benzene rings is 2. The zero-order valence-corrected chi connectivity index (χ0v) is 18.0. The molecule has 30 heavy (non-hydrogen) atoms. The van der Waals surface area contributed by atoms with Gasteiger partial charge in [0.15, 0.2) is 0 Å².